The van der Waals surface area contributed by atoms with Crippen LogP contribution in [0.15, 0.2) is 0 Å². The van der Waals surface area contributed by atoms with Gasteiger partial charge in [0.05, 0.1) is 0 Å². The normalized spacial score (nSPS) is 7.20. The van der Waals surface area contributed by atoms with Crippen LogP contribution < -0.4 is 0 Å². The molecule has 5 heteroatoms. The first-order chi connectivity index (χ1) is 1.73. The molecule has 0 aliphatic carbocycles. The Bertz CT molecular complexity index is 11.6. The maximum Gasteiger partial charge on any atom is 0 e. The smallest absolute Gasteiger partial charge is 0 e. The topological polar surface area (TPSA) is 0 Å². The molecule has 0 spiro atoms. The predicted molar refractivity (Wildman–Crippen MR) is 29.1 cm³/mol. The molecule has 2 radical (unpaired) electrons. The molecule has 0 nitrogen and oxygen atoms in total. The fourth-order valence-corrected chi connectivity index (χ4v) is 0. The number of halogens is 3. The monoisotopic (exact) mass is 446 g/mol. The predicted octanol–water partition coefficient (Wildman–Crippen LogP) is 1.31. The van der Waals surface area contributed by atoms with Gasteiger partial charge in [-0.25, -0.2) is 0 Å². The Labute approximate surface area is 109 Å². The molecule has 0 saturated carbocycles. The van der Waals surface area contributed by atoms with Crippen LogP contribution in [0.3, 0.4) is 0 Å². The number of hydrogen-bond donors (Lipinski definition) is 0. The van der Waals surface area contributed by atoms with E-state index in [1.807, 2.05) is 0 Å². The summed E-state index contributed by atoms with van der Waals surface area (Å²) in [6.45, 7) is 0. The van der Waals surface area contributed by atoms with Crippen molar-refractivity contribution in [3.63, 3.8) is 0 Å². The summed E-state index contributed by atoms with van der Waals surface area (Å²) in [7, 11) is 15.1. The molecule has 0 N–H and O–H groups in total. The van der Waals surface area contributed by atoms with E-state index >= 15 is 0 Å². The zero-order valence-electron chi connectivity index (χ0n) is 2.63. The van der Waals surface area contributed by atoms with E-state index in [4.69, 9.17) is 24.9 Å². The maximum atomic E-state index is 5.02. The molecular weight excluding hydrogens is 446 g/mol. The molecule has 0 fully saturated rings. The van der Waals surface area contributed by atoms with E-state index in [0.717, 1.165) is 0 Å². The third-order valence-electron chi connectivity index (χ3n) is 0. The maximum absolute atomic E-state index is 5.02. The van der Waals surface area contributed by atoms with Crippen LogP contribution in [0.2, 0.25) is 0 Å². The fraction of sp³-hybridized carbons (Fsp3) is 0. The van der Waals surface area contributed by atoms with E-state index in [1.165, 1.54) is 0 Å². The van der Waals surface area contributed by atoms with Crippen LogP contribution in [0, 0.1) is 0 Å². The molecule has 0 bridgehead atoms. The van der Waals surface area contributed by atoms with Crippen molar-refractivity contribution >= 4 is 113 Å². The quantitative estimate of drug-likeness (QED) is 0.493. The minimum Gasteiger partial charge on any atom is 0 e. The van der Waals surface area contributed by atoms with Gasteiger partial charge in [0.1, 0.15) is 0 Å². The molecule has 0 unspecified atom stereocenters. The average molecular weight is 446 g/mol. The van der Waals surface area contributed by atoms with E-state index in [2.05, 4.69) is 0 Å². The van der Waals surface area contributed by atoms with Gasteiger partial charge in [0, 0.05) is 68.9 Å². The summed E-state index contributed by atoms with van der Waals surface area (Å²) in [5.41, 5.74) is 0. The molecule has 0 rings (SSSR count). The van der Waals surface area contributed by atoms with E-state index in [-0.39, 0.29) is 68.9 Å². The summed E-state index contributed by atoms with van der Waals surface area (Å²) in [6.07, 6.45) is 0. The summed E-state index contributed by atoms with van der Waals surface area (Å²) in [6, 6.07) is 0. The Balaban J connectivity index is 0. The van der Waals surface area contributed by atoms with Gasteiger partial charge in [-0.3, -0.25) is 0 Å². The van der Waals surface area contributed by atoms with Crippen molar-refractivity contribution in [3.8, 4) is 0 Å². The second-order valence-corrected chi connectivity index (χ2v) is 16.9. The minimum absolute atomic E-state index is 0. The number of hydrogen-bond acceptors (Lipinski definition) is 0. The van der Waals surface area contributed by atoms with Crippen molar-refractivity contribution in [2.75, 3.05) is 0 Å². The Morgan fingerprint density at radius 2 is 1.00 bits per heavy atom. The summed E-state index contributed by atoms with van der Waals surface area (Å²) in [5.74, 6) is 0. The summed E-state index contributed by atoms with van der Waals surface area (Å²) in [5, 5.41) is 0. The summed E-state index contributed by atoms with van der Waals surface area (Å²) >= 11 is -2.24. The molecule has 0 aliphatic rings. The van der Waals surface area contributed by atoms with Crippen LogP contribution in [0.5, 0.6) is 0 Å². The van der Waals surface area contributed by atoms with E-state index in [9.17, 15) is 0 Å². The van der Waals surface area contributed by atoms with Gasteiger partial charge < -0.3 is 0 Å². The minimum atomic E-state index is -2.24. The summed E-state index contributed by atoms with van der Waals surface area (Å²) in [4.78, 5) is 0. The van der Waals surface area contributed by atoms with Gasteiger partial charge in [-0.15, -0.1) is 0 Å². The Hall–Kier alpha value is 3.84. The Kier molecular flexibility index (Phi) is 18.2. The zero-order chi connectivity index (χ0) is 3.58. The van der Waals surface area contributed by atoms with E-state index in [0.29, 0.717) is 0 Å². The van der Waals surface area contributed by atoms with E-state index in [1.54, 1.807) is 0 Å². The van der Waals surface area contributed by atoms with Gasteiger partial charge in [0.2, 0.25) is 0 Å². The largest absolute Gasteiger partial charge is 0 e. The van der Waals surface area contributed by atoms with Crippen molar-refractivity contribution in [3.05, 3.63) is 0 Å². The zero-order valence-corrected chi connectivity index (χ0v) is 15.1. The van der Waals surface area contributed by atoms with Crippen molar-refractivity contribution < 1.29 is 0 Å². The van der Waals surface area contributed by atoms with Crippen LogP contribution in [0.4, 0.5) is 0 Å². The second kappa shape index (κ2) is 7.84. The standard InChI is InChI=1S/3ClH.Cs.Pb/h3*1H;;/q;;;;+3/p-3. The molecular formula is Cl3CsPb. The second-order valence-electron chi connectivity index (χ2n) is 0.214. The Morgan fingerprint density at radius 3 is 1.00 bits per heavy atom. The Morgan fingerprint density at radius 1 is 1.00 bits per heavy atom. The van der Waals surface area contributed by atoms with Crippen molar-refractivity contribution in [2.45, 2.75) is 0 Å². The van der Waals surface area contributed by atoms with Crippen LogP contribution >= 0.6 is 24.9 Å². The van der Waals surface area contributed by atoms with Gasteiger partial charge in [-0.1, -0.05) is 0 Å². The molecule has 0 saturated heterocycles. The van der Waals surface area contributed by atoms with Crippen LogP contribution in [-0.2, 0) is 0 Å². The van der Waals surface area contributed by atoms with Crippen LogP contribution in [0.25, 0.3) is 0 Å². The molecule has 0 aliphatic heterocycles. The number of rotatable bonds is 0. The summed E-state index contributed by atoms with van der Waals surface area (Å²) < 4.78 is 0. The van der Waals surface area contributed by atoms with Gasteiger partial charge in [0.25, 0.3) is 0 Å². The third kappa shape index (κ3) is 18.1. The molecule has 0 atom stereocenters. The van der Waals surface area contributed by atoms with Gasteiger partial charge in [0.15, 0.2) is 0 Å². The molecule has 0 amide bonds. The molecule has 5 heavy (non-hydrogen) atoms. The molecule has 0 aromatic carbocycles. The molecule has 0 heterocycles. The first-order valence-corrected chi connectivity index (χ1v) is 14.9. The van der Waals surface area contributed by atoms with Crippen molar-refractivity contribution in [1.82, 2.24) is 0 Å². The first-order valence-electron chi connectivity index (χ1n) is 0.567. The van der Waals surface area contributed by atoms with Crippen molar-refractivity contribution in [2.24, 2.45) is 0 Å². The van der Waals surface area contributed by atoms with Gasteiger partial charge >= 0.3 is 44.0 Å². The molecule has 26 valence electrons. The third-order valence-corrected chi connectivity index (χ3v) is 0. The molecule has 0 aromatic rings. The fourth-order valence-electron chi connectivity index (χ4n) is 0. The molecule has 0 aromatic heterocycles. The first kappa shape index (κ1) is 11.6. The SMILES string of the molecule is [Cl][Pb]([Cl])[Cl].[Cs]. The van der Waals surface area contributed by atoms with Crippen molar-refractivity contribution in [1.29, 1.82) is 0 Å². The van der Waals surface area contributed by atoms with Crippen LogP contribution in [-0.4, -0.2) is 87.9 Å². The van der Waals surface area contributed by atoms with Gasteiger partial charge in [-0.2, -0.15) is 0 Å². The van der Waals surface area contributed by atoms with E-state index < -0.39 is 19.0 Å². The van der Waals surface area contributed by atoms with Gasteiger partial charge in [-0.05, 0) is 0 Å². The van der Waals surface area contributed by atoms with Crippen LogP contribution in [0.1, 0.15) is 0 Å². The average Bonchev–Trinajstić information content (AvgIpc) is 0.811.